The fraction of sp³-hybridized carbons (Fsp3) is 0.100. The van der Waals surface area contributed by atoms with Crippen molar-refractivity contribution in [3.63, 3.8) is 0 Å². The van der Waals surface area contributed by atoms with Crippen LogP contribution in [0.15, 0.2) is 30.5 Å². The Morgan fingerprint density at radius 3 is 2.69 bits per heavy atom. The van der Waals surface area contributed by atoms with Crippen molar-refractivity contribution in [2.24, 2.45) is 0 Å². The average Bonchev–Trinajstić information content (AvgIpc) is 2.05. The van der Waals surface area contributed by atoms with Crippen LogP contribution >= 0.6 is 12.4 Å². The first-order valence-corrected chi connectivity index (χ1v) is 3.81. The molecule has 1 heterocycles. The highest BCUT2D eigenvalue weighted by atomic mass is 35.5. The molecule has 2 aromatic rings. The number of pyridine rings is 1. The van der Waals surface area contributed by atoms with E-state index in [0.29, 0.717) is 0 Å². The van der Waals surface area contributed by atoms with E-state index in [2.05, 4.69) is 4.98 Å². The van der Waals surface area contributed by atoms with Crippen LogP contribution < -0.4 is 0 Å². The Labute approximate surface area is 82.6 Å². The summed E-state index contributed by atoms with van der Waals surface area (Å²) in [6.07, 6.45) is 1.77. The standard InChI is InChI=1S/C10H9NO.ClH/c1-7-4-8-2-3-10(12)5-9(8)6-11-7;/h2-6,12H,1H3;1H. The number of hydrogen-bond donors (Lipinski definition) is 1. The van der Waals surface area contributed by atoms with E-state index >= 15 is 0 Å². The number of aromatic nitrogens is 1. The Balaban J connectivity index is 0.000000845. The van der Waals surface area contributed by atoms with Gasteiger partial charge < -0.3 is 5.11 Å². The van der Waals surface area contributed by atoms with Crippen molar-refractivity contribution in [3.05, 3.63) is 36.2 Å². The molecule has 1 aromatic carbocycles. The Hall–Kier alpha value is -1.28. The molecule has 2 rings (SSSR count). The molecule has 0 saturated carbocycles. The molecule has 0 aliphatic rings. The van der Waals surface area contributed by atoms with Crippen LogP contribution in [0.3, 0.4) is 0 Å². The van der Waals surface area contributed by atoms with E-state index in [0.717, 1.165) is 16.5 Å². The summed E-state index contributed by atoms with van der Waals surface area (Å²) in [6, 6.07) is 7.28. The highest BCUT2D eigenvalue weighted by molar-refractivity contribution is 5.85. The number of rotatable bonds is 0. The third kappa shape index (κ3) is 1.90. The third-order valence-electron chi connectivity index (χ3n) is 1.84. The maximum atomic E-state index is 9.17. The number of phenolic OH excluding ortho intramolecular Hbond substituents is 1. The summed E-state index contributed by atoms with van der Waals surface area (Å²) in [4.78, 5) is 4.14. The SMILES string of the molecule is Cc1cc2ccc(O)cc2cn1.Cl. The number of aromatic hydroxyl groups is 1. The summed E-state index contributed by atoms with van der Waals surface area (Å²) in [7, 11) is 0. The van der Waals surface area contributed by atoms with Crippen LogP contribution in [0.2, 0.25) is 0 Å². The normalized spacial score (nSPS) is 9.62. The molecule has 0 atom stereocenters. The van der Waals surface area contributed by atoms with Gasteiger partial charge in [0.15, 0.2) is 0 Å². The smallest absolute Gasteiger partial charge is 0.116 e. The van der Waals surface area contributed by atoms with Gasteiger partial charge in [0.05, 0.1) is 0 Å². The number of hydrogen-bond acceptors (Lipinski definition) is 2. The second kappa shape index (κ2) is 3.62. The maximum absolute atomic E-state index is 9.17. The van der Waals surface area contributed by atoms with Crippen LogP contribution in [0.25, 0.3) is 10.8 Å². The summed E-state index contributed by atoms with van der Waals surface area (Å²) < 4.78 is 0. The minimum Gasteiger partial charge on any atom is -0.508 e. The molecule has 13 heavy (non-hydrogen) atoms. The highest BCUT2D eigenvalue weighted by Crippen LogP contribution is 2.19. The van der Waals surface area contributed by atoms with Crippen LogP contribution in [-0.4, -0.2) is 10.1 Å². The van der Waals surface area contributed by atoms with E-state index < -0.39 is 0 Å². The van der Waals surface area contributed by atoms with Gasteiger partial charge in [0.1, 0.15) is 5.75 Å². The van der Waals surface area contributed by atoms with Gasteiger partial charge in [-0.3, -0.25) is 4.98 Å². The van der Waals surface area contributed by atoms with Gasteiger partial charge in [-0.2, -0.15) is 0 Å². The van der Waals surface area contributed by atoms with Gasteiger partial charge in [-0.25, -0.2) is 0 Å². The summed E-state index contributed by atoms with van der Waals surface area (Å²) in [5, 5.41) is 11.3. The zero-order chi connectivity index (χ0) is 8.55. The Bertz CT molecular complexity index is 387. The van der Waals surface area contributed by atoms with Crippen molar-refractivity contribution < 1.29 is 5.11 Å². The molecule has 0 unspecified atom stereocenters. The van der Waals surface area contributed by atoms with Gasteiger partial charge in [0.2, 0.25) is 0 Å². The van der Waals surface area contributed by atoms with E-state index in [1.165, 1.54) is 0 Å². The Kier molecular flexibility index (Phi) is 2.73. The monoisotopic (exact) mass is 195 g/mol. The summed E-state index contributed by atoms with van der Waals surface area (Å²) in [5.74, 6) is 0.285. The first-order valence-electron chi connectivity index (χ1n) is 3.81. The average molecular weight is 196 g/mol. The zero-order valence-electron chi connectivity index (χ0n) is 7.19. The molecule has 0 aliphatic heterocycles. The molecule has 0 bridgehead atoms. The molecular formula is C10H10ClNO. The van der Waals surface area contributed by atoms with Gasteiger partial charge in [0.25, 0.3) is 0 Å². The molecule has 0 saturated heterocycles. The fourth-order valence-corrected chi connectivity index (χ4v) is 1.24. The molecule has 1 aromatic heterocycles. The van der Waals surface area contributed by atoms with Crippen molar-refractivity contribution in [3.8, 4) is 5.75 Å². The molecule has 0 fully saturated rings. The molecule has 0 aliphatic carbocycles. The highest BCUT2D eigenvalue weighted by Gasteiger charge is 1.94. The second-order valence-electron chi connectivity index (χ2n) is 2.86. The predicted molar refractivity (Wildman–Crippen MR) is 55.4 cm³/mol. The van der Waals surface area contributed by atoms with Crippen LogP contribution in [0.5, 0.6) is 5.75 Å². The van der Waals surface area contributed by atoms with Crippen molar-refractivity contribution in [1.82, 2.24) is 4.98 Å². The van der Waals surface area contributed by atoms with Crippen molar-refractivity contribution in [2.45, 2.75) is 6.92 Å². The van der Waals surface area contributed by atoms with E-state index in [1.54, 1.807) is 18.3 Å². The molecule has 0 amide bonds. The molecule has 68 valence electrons. The number of fused-ring (bicyclic) bond motifs is 1. The van der Waals surface area contributed by atoms with Crippen LogP contribution in [-0.2, 0) is 0 Å². The molecule has 0 spiro atoms. The number of nitrogens with zero attached hydrogens (tertiary/aromatic N) is 1. The van der Waals surface area contributed by atoms with Crippen LogP contribution in [0.1, 0.15) is 5.69 Å². The minimum atomic E-state index is 0. The van der Waals surface area contributed by atoms with Crippen LogP contribution in [0, 0.1) is 6.92 Å². The van der Waals surface area contributed by atoms with Gasteiger partial charge in [-0.05, 0) is 30.5 Å². The van der Waals surface area contributed by atoms with Crippen molar-refractivity contribution >= 4 is 23.2 Å². The summed E-state index contributed by atoms with van der Waals surface area (Å²) >= 11 is 0. The Morgan fingerprint density at radius 2 is 1.92 bits per heavy atom. The molecule has 3 heteroatoms. The second-order valence-corrected chi connectivity index (χ2v) is 2.86. The first kappa shape index (κ1) is 9.81. The molecule has 0 radical (unpaired) electrons. The van der Waals surface area contributed by atoms with Crippen molar-refractivity contribution in [2.75, 3.05) is 0 Å². The topological polar surface area (TPSA) is 33.1 Å². The van der Waals surface area contributed by atoms with Gasteiger partial charge >= 0.3 is 0 Å². The van der Waals surface area contributed by atoms with Gasteiger partial charge in [0, 0.05) is 17.3 Å². The fourth-order valence-electron chi connectivity index (χ4n) is 1.24. The summed E-state index contributed by atoms with van der Waals surface area (Å²) in [5.41, 5.74) is 0.994. The Morgan fingerprint density at radius 1 is 1.15 bits per heavy atom. The van der Waals surface area contributed by atoms with E-state index in [-0.39, 0.29) is 18.2 Å². The third-order valence-corrected chi connectivity index (χ3v) is 1.84. The minimum absolute atomic E-state index is 0. The van der Waals surface area contributed by atoms with Gasteiger partial charge in [-0.1, -0.05) is 6.07 Å². The van der Waals surface area contributed by atoms with E-state index in [4.69, 9.17) is 0 Å². The summed E-state index contributed by atoms with van der Waals surface area (Å²) in [6.45, 7) is 1.95. The lowest BCUT2D eigenvalue weighted by Gasteiger charge is -1.98. The van der Waals surface area contributed by atoms with Gasteiger partial charge in [-0.15, -0.1) is 12.4 Å². The molecule has 2 nitrogen and oxygen atoms in total. The lowest BCUT2D eigenvalue weighted by molar-refractivity contribution is 0.476. The van der Waals surface area contributed by atoms with E-state index in [1.807, 2.05) is 19.1 Å². The number of phenols is 1. The number of aryl methyl sites for hydroxylation is 1. The lowest BCUT2D eigenvalue weighted by Crippen LogP contribution is -1.80. The molecule has 1 N–H and O–H groups in total. The number of halogens is 1. The quantitative estimate of drug-likeness (QED) is 0.701. The van der Waals surface area contributed by atoms with Crippen molar-refractivity contribution in [1.29, 1.82) is 0 Å². The zero-order valence-corrected chi connectivity index (χ0v) is 8.01. The molecular weight excluding hydrogens is 186 g/mol. The number of benzene rings is 1. The largest absolute Gasteiger partial charge is 0.508 e. The van der Waals surface area contributed by atoms with E-state index in [9.17, 15) is 5.11 Å². The van der Waals surface area contributed by atoms with Crippen LogP contribution in [0.4, 0.5) is 0 Å². The maximum Gasteiger partial charge on any atom is 0.116 e. The predicted octanol–water partition coefficient (Wildman–Crippen LogP) is 2.67. The first-order chi connectivity index (χ1) is 5.75. The lowest BCUT2D eigenvalue weighted by atomic mass is 10.1.